The molecule has 1 rings (SSSR count). The maximum Gasteiger partial charge on any atom is 0.0275 e. The average molecular weight is 182 g/mol. The van der Waals surface area contributed by atoms with Gasteiger partial charge in [-0.2, -0.15) is 0 Å². The van der Waals surface area contributed by atoms with Gasteiger partial charge in [0.2, 0.25) is 0 Å². The van der Waals surface area contributed by atoms with Crippen molar-refractivity contribution < 1.29 is 0 Å². The molecule has 1 N–H and O–H groups in total. The fourth-order valence-corrected chi connectivity index (χ4v) is 1.83. The molecular weight excluding hydrogens is 160 g/mol. The summed E-state index contributed by atoms with van der Waals surface area (Å²) in [6.45, 7) is 2.33. The van der Waals surface area contributed by atoms with Crippen LogP contribution in [-0.4, -0.2) is 38.1 Å². The molecule has 1 aliphatic carbocycles. The van der Waals surface area contributed by atoms with Crippen molar-refractivity contribution in [3.63, 3.8) is 0 Å². The zero-order valence-corrected chi connectivity index (χ0v) is 8.92. The van der Waals surface area contributed by atoms with Gasteiger partial charge in [0.15, 0.2) is 0 Å². The van der Waals surface area contributed by atoms with Crippen molar-refractivity contribution >= 4 is 0 Å². The summed E-state index contributed by atoms with van der Waals surface area (Å²) in [6.07, 6.45) is 9.91. The maximum atomic E-state index is 3.18. The van der Waals surface area contributed by atoms with Crippen molar-refractivity contribution in [1.82, 2.24) is 10.2 Å². The quantitative estimate of drug-likeness (QED) is 0.513. The van der Waals surface area contributed by atoms with Crippen molar-refractivity contribution in [2.45, 2.75) is 31.7 Å². The first kappa shape index (κ1) is 10.7. The number of rotatable bonds is 5. The van der Waals surface area contributed by atoms with Gasteiger partial charge < -0.3 is 5.32 Å². The molecule has 1 atom stereocenters. The first-order valence-corrected chi connectivity index (χ1v) is 5.36. The van der Waals surface area contributed by atoms with E-state index >= 15 is 0 Å². The van der Waals surface area contributed by atoms with Crippen LogP contribution < -0.4 is 5.32 Å². The normalized spacial score (nSPS) is 22.5. The molecule has 0 bridgehead atoms. The molecule has 0 radical (unpaired) electrons. The lowest BCUT2D eigenvalue weighted by Gasteiger charge is -2.27. The van der Waals surface area contributed by atoms with Gasteiger partial charge in [-0.1, -0.05) is 12.2 Å². The third-order valence-electron chi connectivity index (χ3n) is 2.73. The van der Waals surface area contributed by atoms with E-state index < -0.39 is 0 Å². The van der Waals surface area contributed by atoms with E-state index in [1.165, 1.54) is 32.2 Å². The smallest absolute Gasteiger partial charge is 0.0275 e. The predicted octanol–water partition coefficient (Wildman–Crippen LogP) is 1.64. The Morgan fingerprint density at radius 2 is 2.38 bits per heavy atom. The molecule has 2 nitrogen and oxygen atoms in total. The minimum atomic E-state index is 0.700. The van der Waals surface area contributed by atoms with Gasteiger partial charge in [0.25, 0.3) is 0 Å². The summed E-state index contributed by atoms with van der Waals surface area (Å²) in [5, 5.41) is 3.18. The minimum Gasteiger partial charge on any atom is -0.320 e. The largest absolute Gasteiger partial charge is 0.320 e. The Bertz CT molecular complexity index is 154. The van der Waals surface area contributed by atoms with Crippen molar-refractivity contribution in [1.29, 1.82) is 0 Å². The van der Waals surface area contributed by atoms with E-state index in [0.717, 1.165) is 6.54 Å². The first-order valence-electron chi connectivity index (χ1n) is 5.36. The lowest BCUT2D eigenvalue weighted by atomic mass is 10.0. The van der Waals surface area contributed by atoms with E-state index in [2.05, 4.69) is 29.4 Å². The molecule has 0 amide bonds. The molecule has 0 aromatic carbocycles. The van der Waals surface area contributed by atoms with Crippen molar-refractivity contribution in [3.05, 3.63) is 12.2 Å². The molecule has 0 saturated heterocycles. The van der Waals surface area contributed by atoms with Gasteiger partial charge in [-0.05, 0) is 52.9 Å². The first-order chi connectivity index (χ1) is 6.34. The topological polar surface area (TPSA) is 15.3 Å². The highest BCUT2D eigenvalue weighted by molar-refractivity contribution is 4.97. The molecule has 13 heavy (non-hydrogen) atoms. The van der Waals surface area contributed by atoms with Gasteiger partial charge >= 0.3 is 0 Å². The summed E-state index contributed by atoms with van der Waals surface area (Å²) >= 11 is 0. The van der Waals surface area contributed by atoms with Gasteiger partial charge in [-0.3, -0.25) is 4.90 Å². The third-order valence-corrected chi connectivity index (χ3v) is 2.73. The summed E-state index contributed by atoms with van der Waals surface area (Å²) in [5.74, 6) is 0. The Balaban J connectivity index is 2.17. The van der Waals surface area contributed by atoms with Crippen molar-refractivity contribution in [2.24, 2.45) is 0 Å². The van der Waals surface area contributed by atoms with E-state index in [1.807, 2.05) is 7.05 Å². The summed E-state index contributed by atoms with van der Waals surface area (Å²) in [5.41, 5.74) is 0. The van der Waals surface area contributed by atoms with Crippen LogP contribution in [0.15, 0.2) is 12.2 Å². The van der Waals surface area contributed by atoms with Crippen LogP contribution in [0, 0.1) is 0 Å². The molecule has 76 valence electrons. The number of likely N-dealkylation sites (N-methyl/N-ethyl adjacent to an activating group) is 1. The van der Waals surface area contributed by atoms with Gasteiger partial charge in [-0.25, -0.2) is 0 Å². The van der Waals surface area contributed by atoms with Crippen LogP contribution in [0.2, 0.25) is 0 Å². The molecule has 0 spiro atoms. The lowest BCUT2D eigenvalue weighted by molar-refractivity contribution is 0.258. The van der Waals surface area contributed by atoms with Crippen molar-refractivity contribution in [3.8, 4) is 0 Å². The van der Waals surface area contributed by atoms with E-state index in [4.69, 9.17) is 0 Å². The molecule has 1 aliphatic rings. The Hall–Kier alpha value is -0.340. The number of allylic oxidation sites excluding steroid dienone is 1. The highest BCUT2D eigenvalue weighted by Gasteiger charge is 2.12. The van der Waals surface area contributed by atoms with Gasteiger partial charge in [0.05, 0.1) is 0 Å². The average Bonchev–Trinajstić information content (AvgIpc) is 2.19. The van der Waals surface area contributed by atoms with Crippen LogP contribution in [0.3, 0.4) is 0 Å². The number of hydrogen-bond donors (Lipinski definition) is 1. The monoisotopic (exact) mass is 182 g/mol. The second-order valence-corrected chi connectivity index (χ2v) is 3.86. The highest BCUT2D eigenvalue weighted by Crippen LogP contribution is 2.14. The predicted molar refractivity (Wildman–Crippen MR) is 58.0 cm³/mol. The number of nitrogens with one attached hydrogen (secondary N) is 1. The SMILES string of the molecule is CNCCCN(C)C1C=CCCC1. The second-order valence-electron chi connectivity index (χ2n) is 3.86. The summed E-state index contributed by atoms with van der Waals surface area (Å²) < 4.78 is 0. The van der Waals surface area contributed by atoms with Gasteiger partial charge in [-0.15, -0.1) is 0 Å². The number of nitrogens with zero attached hydrogens (tertiary/aromatic N) is 1. The third kappa shape index (κ3) is 3.92. The number of hydrogen-bond acceptors (Lipinski definition) is 2. The second kappa shape index (κ2) is 6.17. The Morgan fingerprint density at radius 3 is 3.00 bits per heavy atom. The lowest BCUT2D eigenvalue weighted by Crippen LogP contribution is -2.33. The molecule has 1 unspecified atom stereocenters. The summed E-state index contributed by atoms with van der Waals surface area (Å²) in [4.78, 5) is 2.47. The van der Waals surface area contributed by atoms with E-state index in [-0.39, 0.29) is 0 Å². The van der Waals surface area contributed by atoms with E-state index in [0.29, 0.717) is 6.04 Å². The zero-order valence-electron chi connectivity index (χ0n) is 8.92. The molecule has 0 aliphatic heterocycles. The molecule has 0 fully saturated rings. The fraction of sp³-hybridized carbons (Fsp3) is 0.818. The van der Waals surface area contributed by atoms with E-state index in [1.54, 1.807) is 0 Å². The van der Waals surface area contributed by atoms with Gasteiger partial charge in [0, 0.05) is 6.04 Å². The fourth-order valence-electron chi connectivity index (χ4n) is 1.83. The van der Waals surface area contributed by atoms with Crippen LogP contribution in [0.5, 0.6) is 0 Å². The van der Waals surface area contributed by atoms with Crippen LogP contribution >= 0.6 is 0 Å². The minimum absolute atomic E-state index is 0.700. The van der Waals surface area contributed by atoms with E-state index in [9.17, 15) is 0 Å². The molecule has 0 heterocycles. The maximum absolute atomic E-state index is 3.18. The molecule has 0 saturated carbocycles. The zero-order chi connectivity index (χ0) is 9.52. The summed E-state index contributed by atoms with van der Waals surface area (Å²) in [7, 11) is 4.25. The molecule has 0 aromatic rings. The van der Waals surface area contributed by atoms with Crippen LogP contribution in [0.25, 0.3) is 0 Å². The Kier molecular flexibility index (Phi) is 5.09. The van der Waals surface area contributed by atoms with Crippen LogP contribution in [0.4, 0.5) is 0 Å². The summed E-state index contributed by atoms with van der Waals surface area (Å²) in [6, 6.07) is 0.700. The Morgan fingerprint density at radius 1 is 1.54 bits per heavy atom. The molecule has 2 heteroatoms. The standard InChI is InChI=1S/C11H22N2/c1-12-9-6-10-13(2)11-7-4-3-5-8-11/h4,7,11-12H,3,5-6,8-10H2,1-2H3. The van der Waals surface area contributed by atoms with Crippen LogP contribution in [-0.2, 0) is 0 Å². The van der Waals surface area contributed by atoms with Gasteiger partial charge in [0.1, 0.15) is 0 Å². The van der Waals surface area contributed by atoms with Crippen LogP contribution in [0.1, 0.15) is 25.7 Å². The van der Waals surface area contributed by atoms with Crippen molar-refractivity contribution in [2.75, 3.05) is 27.2 Å². The Labute approximate surface area is 82.0 Å². The highest BCUT2D eigenvalue weighted by atomic mass is 15.1. The molecule has 0 aromatic heterocycles. The molecular formula is C11H22N2.